The highest BCUT2D eigenvalue weighted by molar-refractivity contribution is 5.40. The summed E-state index contributed by atoms with van der Waals surface area (Å²) in [5, 5.41) is 9.74. The van der Waals surface area contributed by atoms with Crippen LogP contribution < -0.4 is 0 Å². The highest BCUT2D eigenvalue weighted by Gasteiger charge is 2.68. The summed E-state index contributed by atoms with van der Waals surface area (Å²) in [7, 11) is 0. The zero-order valence-electron chi connectivity index (χ0n) is 12.8. The molecule has 2 nitrogen and oxygen atoms in total. The normalized spacial score (nSPS) is 46.8. The summed E-state index contributed by atoms with van der Waals surface area (Å²) >= 11 is 0. The molecule has 1 N–H and O–H groups in total. The number of epoxide rings is 1. The lowest BCUT2D eigenvalue weighted by Gasteiger charge is -2.50. The van der Waals surface area contributed by atoms with Gasteiger partial charge in [-0.25, -0.2) is 0 Å². The smallest absolute Gasteiger partial charge is 0.115 e. The van der Waals surface area contributed by atoms with Crippen molar-refractivity contribution in [1.82, 2.24) is 0 Å². The predicted molar refractivity (Wildman–Crippen MR) is 81.4 cm³/mol. The van der Waals surface area contributed by atoms with E-state index in [9.17, 15) is 5.11 Å². The molecule has 4 aliphatic rings. The SMILES string of the molecule is C[C@@]12CC[C@@H]3c4ccc(O)cc4CC[C@@H]3[C@@H]1CC[C@@]21CO1. The van der Waals surface area contributed by atoms with Gasteiger partial charge in [-0.1, -0.05) is 13.0 Å². The molecule has 0 aromatic heterocycles. The molecule has 1 saturated heterocycles. The molecule has 0 unspecified atom stereocenters. The van der Waals surface area contributed by atoms with Crippen molar-refractivity contribution >= 4 is 0 Å². The standard InChI is InChI=1S/C19H24O2/c1-18-8-6-15-14-5-3-13(20)10-12(14)2-4-16(15)17(18)7-9-19(18)11-21-19/h3,5,10,15-17,20H,2,4,6-9,11H2,1H3/t15-,16+,17+,18-,19-/m1/s1. The molecule has 21 heavy (non-hydrogen) atoms. The van der Waals surface area contributed by atoms with Crippen LogP contribution in [0.3, 0.4) is 0 Å². The molecule has 1 heterocycles. The van der Waals surface area contributed by atoms with Gasteiger partial charge in [0.25, 0.3) is 0 Å². The zero-order valence-corrected chi connectivity index (χ0v) is 12.8. The second-order valence-electron chi connectivity index (χ2n) is 8.08. The van der Waals surface area contributed by atoms with Gasteiger partial charge in [-0.3, -0.25) is 0 Å². The number of phenolic OH excluding ortho intramolecular Hbond substituents is 1. The molecule has 112 valence electrons. The average molecular weight is 284 g/mol. The van der Waals surface area contributed by atoms with Crippen molar-refractivity contribution in [2.75, 3.05) is 6.61 Å². The fraction of sp³-hybridized carbons (Fsp3) is 0.684. The van der Waals surface area contributed by atoms with Crippen molar-refractivity contribution in [3.8, 4) is 5.75 Å². The summed E-state index contributed by atoms with van der Waals surface area (Å²) in [5.41, 5.74) is 3.62. The van der Waals surface area contributed by atoms with Gasteiger partial charge in [-0.2, -0.15) is 0 Å². The van der Waals surface area contributed by atoms with Gasteiger partial charge in [-0.05, 0) is 79.5 Å². The van der Waals surface area contributed by atoms with Crippen molar-refractivity contribution in [3.63, 3.8) is 0 Å². The number of hydrogen-bond donors (Lipinski definition) is 1. The number of rotatable bonds is 0. The Labute approximate surface area is 126 Å². The first kappa shape index (κ1) is 12.5. The van der Waals surface area contributed by atoms with Gasteiger partial charge in [0, 0.05) is 5.41 Å². The maximum absolute atomic E-state index is 9.74. The van der Waals surface area contributed by atoms with E-state index >= 15 is 0 Å². The van der Waals surface area contributed by atoms with Crippen LogP contribution in [-0.2, 0) is 11.2 Å². The third kappa shape index (κ3) is 1.47. The van der Waals surface area contributed by atoms with E-state index in [1.807, 2.05) is 12.1 Å². The summed E-state index contributed by atoms with van der Waals surface area (Å²) in [4.78, 5) is 0. The number of aromatic hydroxyl groups is 1. The molecule has 3 fully saturated rings. The van der Waals surface area contributed by atoms with Crippen LogP contribution in [0.2, 0.25) is 0 Å². The van der Waals surface area contributed by atoms with E-state index < -0.39 is 0 Å². The topological polar surface area (TPSA) is 32.8 Å². The van der Waals surface area contributed by atoms with Crippen molar-refractivity contribution in [3.05, 3.63) is 29.3 Å². The molecule has 0 amide bonds. The average Bonchev–Trinajstić information content (AvgIpc) is 3.20. The second kappa shape index (κ2) is 3.84. The summed E-state index contributed by atoms with van der Waals surface area (Å²) in [6.07, 6.45) is 7.73. The molecule has 1 aliphatic heterocycles. The first-order chi connectivity index (χ1) is 10.1. The molecule has 2 heteroatoms. The zero-order chi connectivity index (χ0) is 14.2. The Morgan fingerprint density at radius 1 is 1.19 bits per heavy atom. The van der Waals surface area contributed by atoms with Gasteiger partial charge in [0.05, 0.1) is 12.2 Å². The van der Waals surface area contributed by atoms with E-state index in [1.54, 1.807) is 0 Å². The third-order valence-corrected chi connectivity index (χ3v) is 7.49. The molecular weight excluding hydrogens is 260 g/mol. The first-order valence-corrected chi connectivity index (χ1v) is 8.59. The van der Waals surface area contributed by atoms with Gasteiger partial charge < -0.3 is 9.84 Å². The van der Waals surface area contributed by atoms with Crippen LogP contribution in [0.25, 0.3) is 0 Å². The van der Waals surface area contributed by atoms with E-state index in [-0.39, 0.29) is 5.60 Å². The molecule has 5 rings (SSSR count). The molecule has 1 spiro atoms. The van der Waals surface area contributed by atoms with E-state index in [0.717, 1.165) is 30.8 Å². The van der Waals surface area contributed by atoms with E-state index in [1.165, 1.54) is 43.2 Å². The number of aryl methyl sites for hydroxylation is 1. The Bertz CT molecular complexity index is 604. The van der Waals surface area contributed by atoms with E-state index in [2.05, 4.69) is 13.0 Å². The summed E-state index contributed by atoms with van der Waals surface area (Å²) in [5.74, 6) is 2.84. The minimum atomic E-state index is 0.262. The van der Waals surface area contributed by atoms with Crippen LogP contribution in [0.15, 0.2) is 18.2 Å². The fourth-order valence-electron chi connectivity index (χ4n) is 6.22. The molecule has 0 bridgehead atoms. The van der Waals surface area contributed by atoms with Crippen LogP contribution in [0, 0.1) is 17.3 Å². The largest absolute Gasteiger partial charge is 0.508 e. The lowest BCUT2D eigenvalue weighted by Crippen LogP contribution is -2.45. The van der Waals surface area contributed by atoms with E-state index in [4.69, 9.17) is 4.74 Å². The minimum Gasteiger partial charge on any atom is -0.508 e. The number of ether oxygens (including phenoxy) is 1. The van der Waals surface area contributed by atoms with Crippen molar-refractivity contribution < 1.29 is 9.84 Å². The van der Waals surface area contributed by atoms with Gasteiger partial charge in [0.15, 0.2) is 0 Å². The van der Waals surface area contributed by atoms with Gasteiger partial charge in [-0.15, -0.1) is 0 Å². The second-order valence-corrected chi connectivity index (χ2v) is 8.08. The van der Waals surface area contributed by atoms with E-state index in [0.29, 0.717) is 11.2 Å². The summed E-state index contributed by atoms with van der Waals surface area (Å²) in [6.45, 7) is 3.53. The Morgan fingerprint density at radius 2 is 2.05 bits per heavy atom. The maximum Gasteiger partial charge on any atom is 0.115 e. The lowest BCUT2D eigenvalue weighted by atomic mass is 9.54. The lowest BCUT2D eigenvalue weighted by molar-refractivity contribution is 0.0121. The highest BCUT2D eigenvalue weighted by atomic mass is 16.6. The molecule has 0 radical (unpaired) electrons. The molecule has 5 atom stereocenters. The first-order valence-electron chi connectivity index (χ1n) is 8.59. The number of benzene rings is 1. The van der Waals surface area contributed by atoms with Crippen LogP contribution in [-0.4, -0.2) is 17.3 Å². The Balaban J connectivity index is 1.54. The quantitative estimate of drug-likeness (QED) is 0.730. The van der Waals surface area contributed by atoms with Crippen LogP contribution >= 0.6 is 0 Å². The fourth-order valence-corrected chi connectivity index (χ4v) is 6.22. The Hall–Kier alpha value is -1.02. The Morgan fingerprint density at radius 3 is 2.86 bits per heavy atom. The van der Waals surface area contributed by atoms with Gasteiger partial charge >= 0.3 is 0 Å². The van der Waals surface area contributed by atoms with Crippen molar-refractivity contribution in [2.45, 2.75) is 57.0 Å². The number of phenols is 1. The number of fused-ring (bicyclic) bond motifs is 6. The molecule has 2 saturated carbocycles. The molecular formula is C19H24O2. The number of hydrogen-bond acceptors (Lipinski definition) is 2. The maximum atomic E-state index is 9.74. The molecule has 1 aromatic carbocycles. The monoisotopic (exact) mass is 284 g/mol. The third-order valence-electron chi connectivity index (χ3n) is 7.49. The predicted octanol–water partition coefficient (Wildman–Crippen LogP) is 4.02. The van der Waals surface area contributed by atoms with Crippen LogP contribution in [0.5, 0.6) is 5.75 Å². The van der Waals surface area contributed by atoms with Gasteiger partial charge in [0.1, 0.15) is 5.75 Å². The Kier molecular flexibility index (Phi) is 2.29. The summed E-state index contributed by atoms with van der Waals surface area (Å²) < 4.78 is 5.96. The molecule has 1 aromatic rings. The van der Waals surface area contributed by atoms with Crippen LogP contribution in [0.1, 0.15) is 56.1 Å². The van der Waals surface area contributed by atoms with Crippen molar-refractivity contribution in [1.29, 1.82) is 0 Å². The van der Waals surface area contributed by atoms with Crippen molar-refractivity contribution in [2.24, 2.45) is 17.3 Å². The summed E-state index contributed by atoms with van der Waals surface area (Å²) in [6, 6.07) is 6.08. The minimum absolute atomic E-state index is 0.262. The highest BCUT2D eigenvalue weighted by Crippen LogP contribution is 2.68. The van der Waals surface area contributed by atoms with Crippen LogP contribution in [0.4, 0.5) is 0 Å². The van der Waals surface area contributed by atoms with Gasteiger partial charge in [0.2, 0.25) is 0 Å². The molecule has 3 aliphatic carbocycles.